The van der Waals surface area contributed by atoms with Crippen LogP contribution in [-0.2, 0) is 4.74 Å². The molecular weight excluding hydrogens is 226 g/mol. The molecule has 1 aliphatic carbocycles. The van der Waals surface area contributed by atoms with Crippen LogP contribution in [0.3, 0.4) is 0 Å². The molecule has 0 aromatic heterocycles. The van der Waals surface area contributed by atoms with Crippen LogP contribution in [0.15, 0.2) is 0 Å². The Labute approximate surface area is 111 Å². The molecule has 0 spiro atoms. The molecule has 0 bridgehead atoms. The molecule has 4 heteroatoms. The van der Waals surface area contributed by atoms with Gasteiger partial charge in [0.05, 0.1) is 13.2 Å². The third-order valence-corrected chi connectivity index (χ3v) is 4.74. The van der Waals surface area contributed by atoms with E-state index in [4.69, 9.17) is 4.74 Å². The van der Waals surface area contributed by atoms with Gasteiger partial charge in [0.15, 0.2) is 0 Å². The Balaban J connectivity index is 1.39. The number of nitrogens with one attached hydrogen (secondary N) is 1. The number of rotatable bonds is 5. The number of likely N-dealkylation sites (N-methyl/N-ethyl adjacent to an activating group) is 1. The number of nitrogens with zero attached hydrogens (tertiary/aromatic N) is 2. The maximum atomic E-state index is 5.58. The summed E-state index contributed by atoms with van der Waals surface area (Å²) in [6, 6.07) is 0.564. The Hall–Kier alpha value is -0.160. The third-order valence-electron chi connectivity index (χ3n) is 4.74. The van der Waals surface area contributed by atoms with Crippen LogP contribution in [-0.4, -0.2) is 75.4 Å². The van der Waals surface area contributed by atoms with Crippen molar-refractivity contribution in [1.29, 1.82) is 0 Å². The quantitative estimate of drug-likeness (QED) is 0.760. The van der Waals surface area contributed by atoms with E-state index < -0.39 is 0 Å². The van der Waals surface area contributed by atoms with Crippen LogP contribution < -0.4 is 5.32 Å². The summed E-state index contributed by atoms with van der Waals surface area (Å²) in [7, 11) is 2.06. The van der Waals surface area contributed by atoms with Crippen LogP contribution in [0.25, 0.3) is 0 Å². The molecule has 1 N–H and O–H groups in total. The summed E-state index contributed by atoms with van der Waals surface area (Å²) in [5.41, 5.74) is 0. The standard InChI is InChI=1S/C14H27N3O/c1-15-14-11-18-10-13(14)9-17-6-4-16(5-7-17)8-12-2-3-12/h12-15H,2-11H2,1H3. The Morgan fingerprint density at radius 3 is 2.28 bits per heavy atom. The van der Waals surface area contributed by atoms with E-state index >= 15 is 0 Å². The number of hydrogen-bond acceptors (Lipinski definition) is 4. The van der Waals surface area contributed by atoms with Crippen molar-refractivity contribution in [2.75, 3.05) is 59.5 Å². The minimum absolute atomic E-state index is 0.564. The predicted molar refractivity (Wildman–Crippen MR) is 72.8 cm³/mol. The van der Waals surface area contributed by atoms with E-state index in [1.165, 1.54) is 52.1 Å². The zero-order chi connectivity index (χ0) is 12.4. The van der Waals surface area contributed by atoms with Crippen LogP contribution in [0, 0.1) is 11.8 Å². The summed E-state index contributed by atoms with van der Waals surface area (Å²) in [6.45, 7) is 9.45. The zero-order valence-electron chi connectivity index (χ0n) is 11.6. The van der Waals surface area contributed by atoms with Gasteiger partial charge < -0.3 is 19.9 Å². The summed E-state index contributed by atoms with van der Waals surface area (Å²) >= 11 is 0. The fourth-order valence-corrected chi connectivity index (χ4v) is 3.25. The molecule has 1 saturated carbocycles. The first kappa shape index (κ1) is 12.9. The molecule has 3 fully saturated rings. The second-order valence-electron chi connectivity index (χ2n) is 6.24. The molecule has 18 heavy (non-hydrogen) atoms. The lowest BCUT2D eigenvalue weighted by Gasteiger charge is -2.36. The average Bonchev–Trinajstić information content (AvgIpc) is 3.09. The number of ether oxygens (including phenoxy) is 1. The van der Waals surface area contributed by atoms with E-state index in [1.807, 2.05) is 0 Å². The van der Waals surface area contributed by atoms with Gasteiger partial charge >= 0.3 is 0 Å². The van der Waals surface area contributed by atoms with Gasteiger partial charge in [0.2, 0.25) is 0 Å². The van der Waals surface area contributed by atoms with Crippen molar-refractivity contribution in [3.05, 3.63) is 0 Å². The van der Waals surface area contributed by atoms with Crippen molar-refractivity contribution in [3.8, 4) is 0 Å². The second-order valence-corrected chi connectivity index (χ2v) is 6.24. The molecule has 104 valence electrons. The summed E-state index contributed by atoms with van der Waals surface area (Å²) in [5, 5.41) is 3.38. The lowest BCUT2D eigenvalue weighted by molar-refractivity contribution is 0.106. The van der Waals surface area contributed by atoms with Crippen molar-refractivity contribution in [2.45, 2.75) is 18.9 Å². The Morgan fingerprint density at radius 2 is 1.67 bits per heavy atom. The zero-order valence-corrected chi connectivity index (χ0v) is 11.6. The fraction of sp³-hybridized carbons (Fsp3) is 1.00. The molecule has 3 aliphatic rings. The van der Waals surface area contributed by atoms with Gasteiger partial charge in [-0.15, -0.1) is 0 Å². The largest absolute Gasteiger partial charge is 0.379 e. The molecule has 2 aliphatic heterocycles. The summed E-state index contributed by atoms with van der Waals surface area (Å²) in [5.74, 6) is 1.72. The molecule has 0 radical (unpaired) electrons. The highest BCUT2D eigenvalue weighted by Gasteiger charge is 2.30. The van der Waals surface area contributed by atoms with Crippen molar-refractivity contribution < 1.29 is 4.74 Å². The van der Waals surface area contributed by atoms with Gasteiger partial charge in [0, 0.05) is 51.2 Å². The summed E-state index contributed by atoms with van der Waals surface area (Å²) in [6.07, 6.45) is 2.95. The predicted octanol–water partition coefficient (Wildman–Crippen LogP) is 0.248. The van der Waals surface area contributed by atoms with E-state index in [0.29, 0.717) is 12.0 Å². The highest BCUT2D eigenvalue weighted by atomic mass is 16.5. The first-order chi connectivity index (χ1) is 8.85. The molecule has 2 unspecified atom stereocenters. The Kier molecular flexibility index (Phi) is 4.19. The van der Waals surface area contributed by atoms with Gasteiger partial charge in [-0.05, 0) is 25.8 Å². The van der Waals surface area contributed by atoms with Crippen LogP contribution in [0.4, 0.5) is 0 Å². The highest BCUT2D eigenvalue weighted by molar-refractivity contribution is 4.85. The van der Waals surface area contributed by atoms with Gasteiger partial charge in [-0.3, -0.25) is 0 Å². The maximum absolute atomic E-state index is 5.58. The summed E-state index contributed by atoms with van der Waals surface area (Å²) in [4.78, 5) is 5.29. The average molecular weight is 253 g/mol. The van der Waals surface area contributed by atoms with Gasteiger partial charge in [-0.2, -0.15) is 0 Å². The van der Waals surface area contributed by atoms with Crippen LogP contribution in [0.1, 0.15) is 12.8 Å². The molecule has 0 aromatic rings. The molecule has 0 aromatic carbocycles. The van der Waals surface area contributed by atoms with E-state index in [0.717, 1.165) is 19.1 Å². The van der Waals surface area contributed by atoms with Gasteiger partial charge in [-0.1, -0.05) is 0 Å². The molecule has 3 rings (SSSR count). The first-order valence-electron chi connectivity index (χ1n) is 7.55. The number of hydrogen-bond donors (Lipinski definition) is 1. The van der Waals surface area contributed by atoms with Crippen LogP contribution in [0.2, 0.25) is 0 Å². The smallest absolute Gasteiger partial charge is 0.0623 e. The lowest BCUT2D eigenvalue weighted by Crippen LogP contribution is -2.50. The first-order valence-corrected chi connectivity index (χ1v) is 7.55. The van der Waals surface area contributed by atoms with Crippen molar-refractivity contribution >= 4 is 0 Å². The van der Waals surface area contributed by atoms with Gasteiger partial charge in [0.1, 0.15) is 0 Å². The SMILES string of the molecule is CNC1COCC1CN1CCN(CC2CC2)CC1. The van der Waals surface area contributed by atoms with Crippen LogP contribution in [0.5, 0.6) is 0 Å². The molecular formula is C14H27N3O. The van der Waals surface area contributed by atoms with E-state index in [2.05, 4.69) is 22.2 Å². The second kappa shape index (κ2) is 5.87. The van der Waals surface area contributed by atoms with E-state index in [-0.39, 0.29) is 0 Å². The van der Waals surface area contributed by atoms with E-state index in [9.17, 15) is 0 Å². The lowest BCUT2D eigenvalue weighted by atomic mass is 10.0. The molecule has 0 amide bonds. The molecule has 2 atom stereocenters. The van der Waals surface area contributed by atoms with Gasteiger partial charge in [-0.25, -0.2) is 0 Å². The minimum atomic E-state index is 0.564. The van der Waals surface area contributed by atoms with Crippen LogP contribution >= 0.6 is 0 Å². The monoisotopic (exact) mass is 253 g/mol. The van der Waals surface area contributed by atoms with E-state index in [1.54, 1.807) is 0 Å². The normalized spacial score (nSPS) is 35.2. The molecule has 2 heterocycles. The fourth-order valence-electron chi connectivity index (χ4n) is 3.25. The summed E-state index contributed by atoms with van der Waals surface area (Å²) < 4.78 is 5.58. The maximum Gasteiger partial charge on any atom is 0.0623 e. The molecule has 4 nitrogen and oxygen atoms in total. The highest BCUT2D eigenvalue weighted by Crippen LogP contribution is 2.30. The Bertz CT molecular complexity index is 262. The topological polar surface area (TPSA) is 27.7 Å². The Morgan fingerprint density at radius 1 is 1.00 bits per heavy atom. The third kappa shape index (κ3) is 3.23. The van der Waals surface area contributed by atoms with Gasteiger partial charge in [0.25, 0.3) is 0 Å². The van der Waals surface area contributed by atoms with Crippen molar-refractivity contribution in [1.82, 2.24) is 15.1 Å². The number of piperazine rings is 1. The minimum Gasteiger partial charge on any atom is -0.379 e. The molecule has 2 saturated heterocycles. The van der Waals surface area contributed by atoms with Crippen molar-refractivity contribution in [2.24, 2.45) is 11.8 Å². The van der Waals surface area contributed by atoms with Crippen molar-refractivity contribution in [3.63, 3.8) is 0 Å².